The van der Waals surface area contributed by atoms with Gasteiger partial charge in [-0.05, 0) is 46.8 Å². The van der Waals surface area contributed by atoms with E-state index in [2.05, 4.69) is 9.82 Å². The van der Waals surface area contributed by atoms with Crippen LogP contribution in [0, 0.1) is 5.82 Å². The first-order valence-corrected chi connectivity index (χ1v) is 11.9. The van der Waals surface area contributed by atoms with Gasteiger partial charge in [-0.2, -0.15) is 5.10 Å². The summed E-state index contributed by atoms with van der Waals surface area (Å²) in [6, 6.07) is 16.0. The van der Waals surface area contributed by atoms with Gasteiger partial charge in [-0.3, -0.25) is 9.52 Å². The van der Waals surface area contributed by atoms with Crippen molar-refractivity contribution in [3.63, 3.8) is 0 Å². The minimum absolute atomic E-state index is 0.264. The number of nitrogens with zero attached hydrogens (tertiary/aromatic N) is 2. The lowest BCUT2D eigenvalue weighted by Gasteiger charge is -2.21. The summed E-state index contributed by atoms with van der Waals surface area (Å²) in [4.78, 5) is 13.6. The van der Waals surface area contributed by atoms with Crippen LogP contribution in [0.25, 0.3) is 0 Å². The van der Waals surface area contributed by atoms with Gasteiger partial charge in [0.2, 0.25) is 10.0 Å². The summed E-state index contributed by atoms with van der Waals surface area (Å²) in [5, 5.41) is 7.74. The van der Waals surface area contributed by atoms with Gasteiger partial charge in [0.15, 0.2) is 0 Å². The number of carbonyl (C=O) groups excluding carboxylic acids is 1. The molecule has 0 bridgehead atoms. The Balaban J connectivity index is 1.72. The van der Waals surface area contributed by atoms with Crippen LogP contribution < -0.4 is 4.72 Å². The fourth-order valence-electron chi connectivity index (χ4n) is 3.34. The number of thiophene rings is 1. The van der Waals surface area contributed by atoms with E-state index in [1.54, 1.807) is 48.5 Å². The number of hydrogen-bond donors (Lipinski definition) is 1. The largest absolute Gasteiger partial charge is 0.284 e. The molecule has 1 aromatic heterocycles. The summed E-state index contributed by atoms with van der Waals surface area (Å²) in [6.07, 6.45) is 1.46. The molecule has 2 aromatic carbocycles. The Morgan fingerprint density at radius 2 is 1.97 bits per heavy atom. The molecule has 30 heavy (non-hydrogen) atoms. The molecule has 1 N–H and O–H groups in total. The highest BCUT2D eigenvalue weighted by Gasteiger charge is 2.34. The van der Waals surface area contributed by atoms with Gasteiger partial charge >= 0.3 is 0 Å². The van der Waals surface area contributed by atoms with Gasteiger partial charge in [-0.1, -0.05) is 30.3 Å². The zero-order valence-electron chi connectivity index (χ0n) is 15.9. The number of halogens is 1. The number of amides is 1. The fraction of sp³-hybridized carbons (Fsp3) is 0.143. The predicted molar refractivity (Wildman–Crippen MR) is 116 cm³/mol. The van der Waals surface area contributed by atoms with Gasteiger partial charge in [-0.25, -0.2) is 17.8 Å². The molecule has 6 nitrogen and oxygen atoms in total. The normalized spacial score (nSPS) is 16.4. The molecule has 0 unspecified atom stereocenters. The Kier molecular flexibility index (Phi) is 5.40. The van der Waals surface area contributed by atoms with Crippen LogP contribution in [0.15, 0.2) is 71.1 Å². The molecule has 1 amide bonds. The molecule has 1 aliphatic rings. The molecule has 0 spiro atoms. The Hall–Kier alpha value is -3.04. The number of nitrogens with one attached hydrogen (secondary N) is 1. The fourth-order valence-corrected chi connectivity index (χ4v) is 4.55. The van der Waals surface area contributed by atoms with Crippen molar-refractivity contribution in [1.82, 2.24) is 5.01 Å². The first-order valence-electron chi connectivity index (χ1n) is 9.08. The van der Waals surface area contributed by atoms with Crippen LogP contribution in [0.4, 0.5) is 10.1 Å². The number of carbonyl (C=O) groups is 1. The SMILES string of the molecule is CS(=O)(=O)Nc1cccc(C2=NN(C(=O)c3cccs3)[C@H](c3cccc(F)c3)C2)c1. The van der Waals surface area contributed by atoms with E-state index in [9.17, 15) is 17.6 Å². The topological polar surface area (TPSA) is 78.8 Å². The van der Waals surface area contributed by atoms with Gasteiger partial charge in [0, 0.05) is 12.1 Å². The summed E-state index contributed by atoms with van der Waals surface area (Å²) in [5.41, 5.74) is 2.35. The van der Waals surface area contributed by atoms with Gasteiger partial charge in [-0.15, -0.1) is 11.3 Å². The summed E-state index contributed by atoms with van der Waals surface area (Å²) >= 11 is 1.31. The van der Waals surface area contributed by atoms with Crippen LogP contribution in [0.5, 0.6) is 0 Å². The molecule has 1 aliphatic heterocycles. The maximum absolute atomic E-state index is 13.8. The molecule has 154 valence electrons. The highest BCUT2D eigenvalue weighted by molar-refractivity contribution is 7.92. The first-order chi connectivity index (χ1) is 14.3. The van der Waals surface area contributed by atoms with Gasteiger partial charge in [0.1, 0.15) is 5.82 Å². The highest BCUT2D eigenvalue weighted by Crippen LogP contribution is 2.35. The zero-order valence-corrected chi connectivity index (χ0v) is 17.6. The summed E-state index contributed by atoms with van der Waals surface area (Å²) in [7, 11) is -3.42. The minimum Gasteiger partial charge on any atom is -0.284 e. The van der Waals surface area contributed by atoms with Gasteiger partial charge in [0.25, 0.3) is 5.91 Å². The standard InChI is InChI=1S/C21H18FN3O3S2/c1-30(27,28)24-17-8-3-5-14(12-17)18-13-19(15-6-2-7-16(22)11-15)25(23-18)21(26)20-9-4-10-29-20/h2-12,19,24H,13H2,1H3/t19-/m0/s1. The Morgan fingerprint density at radius 3 is 2.67 bits per heavy atom. The van der Waals surface area contributed by atoms with Crippen molar-refractivity contribution in [2.45, 2.75) is 12.5 Å². The molecule has 3 aromatic rings. The number of rotatable bonds is 5. The van der Waals surface area contributed by atoms with Crippen LogP contribution in [0.3, 0.4) is 0 Å². The van der Waals surface area contributed by atoms with Crippen LogP contribution in [-0.2, 0) is 10.0 Å². The molecule has 0 radical (unpaired) electrons. The molecule has 0 saturated carbocycles. The average molecular weight is 444 g/mol. The summed E-state index contributed by atoms with van der Waals surface area (Å²) < 4.78 is 39.4. The zero-order chi connectivity index (χ0) is 21.3. The van der Waals surface area contributed by atoms with Crippen molar-refractivity contribution in [3.8, 4) is 0 Å². The van der Waals surface area contributed by atoms with E-state index >= 15 is 0 Å². The monoisotopic (exact) mass is 443 g/mol. The lowest BCUT2D eigenvalue weighted by molar-refractivity contribution is 0.0716. The molecule has 1 atom stereocenters. The van der Waals surface area contributed by atoms with E-state index in [4.69, 9.17) is 0 Å². The second kappa shape index (κ2) is 8.00. The van der Waals surface area contributed by atoms with Gasteiger partial charge < -0.3 is 0 Å². The van der Waals surface area contributed by atoms with Crippen molar-refractivity contribution >= 4 is 38.7 Å². The molecule has 2 heterocycles. The third kappa shape index (κ3) is 4.42. The number of benzene rings is 2. The smallest absolute Gasteiger partial charge is 0.284 e. The number of sulfonamides is 1. The van der Waals surface area contributed by atoms with Crippen LogP contribution >= 0.6 is 11.3 Å². The van der Waals surface area contributed by atoms with E-state index in [0.29, 0.717) is 33.8 Å². The molecule has 4 rings (SSSR count). The van der Waals surface area contributed by atoms with Crippen molar-refractivity contribution in [2.75, 3.05) is 11.0 Å². The Morgan fingerprint density at radius 1 is 1.17 bits per heavy atom. The van der Waals surface area contributed by atoms with E-state index < -0.39 is 16.1 Å². The third-order valence-electron chi connectivity index (χ3n) is 4.58. The van der Waals surface area contributed by atoms with Crippen molar-refractivity contribution in [3.05, 3.63) is 87.9 Å². The van der Waals surface area contributed by atoms with Crippen LogP contribution in [-0.4, -0.2) is 31.3 Å². The first kappa shape index (κ1) is 20.2. The molecule has 0 saturated heterocycles. The second-order valence-corrected chi connectivity index (χ2v) is 9.60. The highest BCUT2D eigenvalue weighted by atomic mass is 32.2. The molecular weight excluding hydrogens is 425 g/mol. The predicted octanol–water partition coefficient (Wildman–Crippen LogP) is 4.25. The second-order valence-electron chi connectivity index (χ2n) is 6.90. The maximum atomic E-state index is 13.8. The summed E-state index contributed by atoms with van der Waals surface area (Å²) in [5.74, 6) is -0.650. The van der Waals surface area contributed by atoms with E-state index in [0.717, 1.165) is 6.26 Å². The van der Waals surface area contributed by atoms with Crippen LogP contribution in [0.2, 0.25) is 0 Å². The Bertz CT molecular complexity index is 1220. The minimum atomic E-state index is -3.42. The van der Waals surface area contributed by atoms with Gasteiger partial charge in [0.05, 0.1) is 22.9 Å². The quantitative estimate of drug-likeness (QED) is 0.640. The molecule has 0 fully saturated rings. The summed E-state index contributed by atoms with van der Waals surface area (Å²) in [6.45, 7) is 0. The maximum Gasteiger partial charge on any atom is 0.284 e. The van der Waals surface area contributed by atoms with E-state index in [1.165, 1.54) is 28.5 Å². The lowest BCUT2D eigenvalue weighted by Crippen LogP contribution is -2.26. The lowest BCUT2D eigenvalue weighted by atomic mass is 9.98. The average Bonchev–Trinajstić information content (AvgIpc) is 3.37. The number of anilines is 1. The van der Waals surface area contributed by atoms with Crippen molar-refractivity contribution in [1.29, 1.82) is 0 Å². The van der Waals surface area contributed by atoms with Crippen LogP contribution in [0.1, 0.15) is 33.3 Å². The molecule has 0 aliphatic carbocycles. The Labute approximate surface area is 177 Å². The number of hydrogen-bond acceptors (Lipinski definition) is 5. The molecule has 9 heteroatoms. The van der Waals surface area contributed by atoms with E-state index in [1.807, 2.05) is 5.38 Å². The third-order valence-corrected chi connectivity index (χ3v) is 6.05. The van der Waals surface area contributed by atoms with Crippen molar-refractivity contribution < 1.29 is 17.6 Å². The van der Waals surface area contributed by atoms with Crippen molar-refractivity contribution in [2.24, 2.45) is 5.10 Å². The number of hydrazone groups is 1. The molecular formula is C21H18FN3O3S2. The van der Waals surface area contributed by atoms with E-state index in [-0.39, 0.29) is 11.7 Å².